The first-order chi connectivity index (χ1) is 11.7. The highest BCUT2D eigenvalue weighted by Crippen LogP contribution is 2.48. The summed E-state index contributed by atoms with van der Waals surface area (Å²) in [7, 11) is 1.87. The molecule has 1 saturated carbocycles. The predicted molar refractivity (Wildman–Crippen MR) is 91.1 cm³/mol. The zero-order chi connectivity index (χ0) is 16.5. The fourth-order valence-electron chi connectivity index (χ4n) is 2.86. The molecule has 24 heavy (non-hydrogen) atoms. The lowest BCUT2D eigenvalue weighted by molar-refractivity contribution is -0.117. The average molecular weight is 322 g/mol. The molecule has 6 heteroatoms. The van der Waals surface area contributed by atoms with Gasteiger partial charge in [-0.3, -0.25) is 9.48 Å². The predicted octanol–water partition coefficient (Wildman–Crippen LogP) is 3.50. The molecule has 2 N–H and O–H groups in total. The summed E-state index contributed by atoms with van der Waals surface area (Å²) in [5.41, 5.74) is 2.58. The van der Waals surface area contributed by atoms with Crippen molar-refractivity contribution in [1.82, 2.24) is 9.78 Å². The second kappa shape index (κ2) is 5.88. The van der Waals surface area contributed by atoms with Crippen molar-refractivity contribution in [3.63, 3.8) is 0 Å². The molecule has 1 aliphatic carbocycles. The monoisotopic (exact) mass is 322 g/mol. The lowest BCUT2D eigenvalue weighted by Crippen LogP contribution is -2.14. The van der Waals surface area contributed by atoms with Crippen LogP contribution in [0.1, 0.15) is 18.1 Å². The van der Waals surface area contributed by atoms with Gasteiger partial charge in [0.25, 0.3) is 0 Å². The van der Waals surface area contributed by atoms with Gasteiger partial charge in [0.2, 0.25) is 5.91 Å². The second-order valence-electron chi connectivity index (χ2n) is 6.06. The molecule has 0 radical (unpaired) electrons. The Hall–Kier alpha value is -3.02. The van der Waals surface area contributed by atoms with Crippen LogP contribution in [0.5, 0.6) is 0 Å². The molecule has 1 amide bonds. The van der Waals surface area contributed by atoms with Crippen molar-refractivity contribution in [2.75, 3.05) is 10.6 Å². The number of benzene rings is 1. The van der Waals surface area contributed by atoms with Gasteiger partial charge in [-0.25, -0.2) is 0 Å². The Morgan fingerprint density at radius 3 is 2.88 bits per heavy atom. The lowest BCUT2D eigenvalue weighted by atomic mass is 10.2. The normalized spacial score (nSPS) is 19.0. The Balaban J connectivity index is 1.40. The van der Waals surface area contributed by atoms with Gasteiger partial charge in [0, 0.05) is 36.5 Å². The van der Waals surface area contributed by atoms with Gasteiger partial charge in [0.1, 0.15) is 5.76 Å². The zero-order valence-electron chi connectivity index (χ0n) is 13.3. The van der Waals surface area contributed by atoms with Crippen molar-refractivity contribution in [2.45, 2.75) is 12.3 Å². The molecule has 122 valence electrons. The molecule has 1 aromatic carbocycles. The maximum absolute atomic E-state index is 12.4. The molecule has 3 aromatic rings. The van der Waals surface area contributed by atoms with Crippen LogP contribution in [0.2, 0.25) is 0 Å². The highest BCUT2D eigenvalue weighted by atomic mass is 16.3. The molecule has 2 aromatic heterocycles. The van der Waals surface area contributed by atoms with Gasteiger partial charge in [-0.05, 0) is 36.8 Å². The van der Waals surface area contributed by atoms with Crippen LogP contribution in [0.25, 0.3) is 0 Å². The molecule has 0 spiro atoms. The molecule has 6 nitrogen and oxygen atoms in total. The fraction of sp³-hybridized carbons (Fsp3) is 0.222. The van der Waals surface area contributed by atoms with Gasteiger partial charge in [-0.2, -0.15) is 5.10 Å². The maximum atomic E-state index is 12.4. The molecular weight excluding hydrogens is 304 g/mol. The van der Waals surface area contributed by atoms with Crippen molar-refractivity contribution in [3.05, 3.63) is 60.8 Å². The topological polar surface area (TPSA) is 72.1 Å². The fourth-order valence-corrected chi connectivity index (χ4v) is 2.86. The van der Waals surface area contributed by atoms with Gasteiger partial charge >= 0.3 is 0 Å². The molecule has 2 atom stereocenters. The van der Waals surface area contributed by atoms with Gasteiger partial charge in [0.15, 0.2) is 0 Å². The molecule has 0 bridgehead atoms. The van der Waals surface area contributed by atoms with Crippen molar-refractivity contribution in [1.29, 1.82) is 0 Å². The van der Waals surface area contributed by atoms with E-state index < -0.39 is 0 Å². The maximum Gasteiger partial charge on any atom is 0.228 e. The molecular formula is C18H18N4O2. The van der Waals surface area contributed by atoms with Crippen LogP contribution < -0.4 is 10.6 Å². The number of carbonyl (C=O) groups is 1. The van der Waals surface area contributed by atoms with E-state index in [9.17, 15) is 4.79 Å². The van der Waals surface area contributed by atoms with Gasteiger partial charge < -0.3 is 15.1 Å². The molecule has 0 aliphatic heterocycles. The summed E-state index contributed by atoms with van der Waals surface area (Å²) in [6.07, 6.45) is 6.13. The van der Waals surface area contributed by atoms with E-state index in [1.54, 1.807) is 17.1 Å². The summed E-state index contributed by atoms with van der Waals surface area (Å²) in [6, 6.07) is 11.4. The Bertz CT molecular complexity index is 854. The number of rotatable bonds is 5. The number of carbonyl (C=O) groups excluding carboxylic acids is 1. The van der Waals surface area contributed by atoms with Crippen molar-refractivity contribution < 1.29 is 9.21 Å². The number of hydrogen-bond donors (Lipinski definition) is 2. The van der Waals surface area contributed by atoms with E-state index in [0.717, 1.165) is 29.2 Å². The quantitative estimate of drug-likeness (QED) is 0.754. The Morgan fingerprint density at radius 2 is 2.12 bits per heavy atom. The van der Waals surface area contributed by atoms with E-state index in [0.29, 0.717) is 0 Å². The van der Waals surface area contributed by atoms with Crippen LogP contribution >= 0.6 is 0 Å². The standard InChI is InChI=1S/C18H18N4O2/c1-22-11-14(10-19-22)20-12-4-2-5-13(8-12)21-18(23)16-9-15(16)17-6-3-7-24-17/h2-8,10-11,15-16,20H,9H2,1H3,(H,21,23)/t15-,16-/m1/s1. The van der Waals surface area contributed by atoms with Gasteiger partial charge in [-0.1, -0.05) is 6.07 Å². The summed E-state index contributed by atoms with van der Waals surface area (Å²) >= 11 is 0. The van der Waals surface area contributed by atoms with Crippen molar-refractivity contribution in [3.8, 4) is 0 Å². The van der Waals surface area contributed by atoms with E-state index >= 15 is 0 Å². The van der Waals surface area contributed by atoms with Crippen LogP contribution in [0, 0.1) is 5.92 Å². The number of aromatic nitrogens is 2. The third-order valence-electron chi connectivity index (χ3n) is 4.16. The minimum atomic E-state index is -0.00825. The van der Waals surface area contributed by atoms with Crippen LogP contribution in [0.15, 0.2) is 59.5 Å². The van der Waals surface area contributed by atoms with Gasteiger partial charge in [-0.15, -0.1) is 0 Å². The summed E-state index contributed by atoms with van der Waals surface area (Å²) in [4.78, 5) is 12.4. The van der Waals surface area contributed by atoms with E-state index in [1.165, 1.54) is 0 Å². The van der Waals surface area contributed by atoms with Gasteiger partial charge in [0.05, 0.1) is 18.1 Å². The molecule has 2 heterocycles. The number of nitrogens with zero attached hydrogens (tertiary/aromatic N) is 2. The smallest absolute Gasteiger partial charge is 0.228 e. The van der Waals surface area contributed by atoms with E-state index in [-0.39, 0.29) is 17.7 Å². The van der Waals surface area contributed by atoms with Crippen LogP contribution in [0.4, 0.5) is 17.1 Å². The number of nitrogens with one attached hydrogen (secondary N) is 2. The van der Waals surface area contributed by atoms with E-state index in [2.05, 4.69) is 15.7 Å². The minimum Gasteiger partial charge on any atom is -0.469 e. The minimum absolute atomic E-state index is 0.00825. The number of anilines is 3. The zero-order valence-corrected chi connectivity index (χ0v) is 13.3. The number of furan rings is 1. The first kappa shape index (κ1) is 14.6. The number of aryl methyl sites for hydroxylation is 1. The molecule has 1 aliphatic rings. The van der Waals surface area contributed by atoms with Crippen LogP contribution in [0.3, 0.4) is 0 Å². The largest absolute Gasteiger partial charge is 0.469 e. The molecule has 0 saturated heterocycles. The van der Waals surface area contributed by atoms with Crippen molar-refractivity contribution >= 4 is 23.0 Å². The van der Waals surface area contributed by atoms with E-state index in [4.69, 9.17) is 4.42 Å². The SMILES string of the molecule is Cn1cc(Nc2cccc(NC(=O)[C@@H]3C[C@H]3c3ccco3)c2)cn1. The highest BCUT2D eigenvalue weighted by molar-refractivity contribution is 5.95. The summed E-state index contributed by atoms with van der Waals surface area (Å²) in [6.45, 7) is 0. The third kappa shape index (κ3) is 3.03. The second-order valence-corrected chi connectivity index (χ2v) is 6.06. The highest BCUT2D eigenvalue weighted by Gasteiger charge is 2.45. The number of amides is 1. The third-order valence-corrected chi connectivity index (χ3v) is 4.16. The van der Waals surface area contributed by atoms with Crippen molar-refractivity contribution in [2.24, 2.45) is 13.0 Å². The first-order valence-corrected chi connectivity index (χ1v) is 7.89. The summed E-state index contributed by atoms with van der Waals surface area (Å²) in [5.74, 6) is 1.12. The summed E-state index contributed by atoms with van der Waals surface area (Å²) < 4.78 is 7.11. The molecule has 0 unspecified atom stereocenters. The van der Waals surface area contributed by atoms with E-state index in [1.807, 2.05) is 49.6 Å². The molecule has 1 fully saturated rings. The summed E-state index contributed by atoms with van der Waals surface area (Å²) in [5, 5.41) is 10.4. The Morgan fingerprint density at radius 1 is 1.25 bits per heavy atom. The first-order valence-electron chi connectivity index (χ1n) is 7.89. The van der Waals surface area contributed by atoms with Crippen LogP contribution in [-0.4, -0.2) is 15.7 Å². The Labute approximate surface area is 139 Å². The van der Waals surface area contributed by atoms with Crippen LogP contribution in [-0.2, 0) is 11.8 Å². The average Bonchev–Trinajstić information content (AvgIpc) is 2.97. The number of hydrogen-bond acceptors (Lipinski definition) is 4. The Kier molecular flexibility index (Phi) is 3.57. The lowest BCUT2D eigenvalue weighted by Gasteiger charge is -2.08. The molecule has 4 rings (SSSR count).